The van der Waals surface area contributed by atoms with Gasteiger partial charge in [-0.15, -0.1) is 16.4 Å². The largest absolute Gasteiger partial charge is 0.462 e. The number of thiophene rings is 1. The molecular formula is C20H28N6O3S2. The van der Waals surface area contributed by atoms with Gasteiger partial charge in [-0.3, -0.25) is 4.79 Å². The molecule has 0 bridgehead atoms. The fraction of sp³-hybridized carbons (Fsp3) is 0.650. The Morgan fingerprint density at radius 3 is 2.74 bits per heavy atom. The number of esters is 1. The van der Waals surface area contributed by atoms with E-state index in [-0.39, 0.29) is 29.3 Å². The van der Waals surface area contributed by atoms with Gasteiger partial charge in [-0.1, -0.05) is 11.8 Å². The molecule has 4 rings (SSSR count). The van der Waals surface area contributed by atoms with Crippen molar-refractivity contribution in [2.24, 2.45) is 0 Å². The molecule has 0 spiro atoms. The molecule has 1 aliphatic heterocycles. The summed E-state index contributed by atoms with van der Waals surface area (Å²) < 4.78 is 7.12. The van der Waals surface area contributed by atoms with Crippen molar-refractivity contribution >= 4 is 40.0 Å². The van der Waals surface area contributed by atoms with Crippen LogP contribution in [-0.4, -0.2) is 50.0 Å². The van der Waals surface area contributed by atoms with Crippen molar-refractivity contribution in [1.82, 2.24) is 25.5 Å². The molecule has 0 unspecified atom stereocenters. The number of ether oxygens (including phenoxy) is 1. The molecule has 0 atom stereocenters. The number of amides is 1. The lowest BCUT2D eigenvalue weighted by molar-refractivity contribution is -0.113. The number of carbonyl (C=O) groups excluding carboxylic acids is 2. The summed E-state index contributed by atoms with van der Waals surface area (Å²) >= 11 is 2.74. The lowest BCUT2D eigenvalue weighted by Gasteiger charge is -2.42. The maximum atomic E-state index is 12.9. The van der Waals surface area contributed by atoms with Crippen LogP contribution in [0, 0.1) is 0 Å². The molecule has 1 aliphatic carbocycles. The summed E-state index contributed by atoms with van der Waals surface area (Å²) in [5.41, 5.74) is 0.923. The molecule has 11 heteroatoms. The van der Waals surface area contributed by atoms with Gasteiger partial charge in [-0.2, -0.15) is 0 Å². The number of rotatable bonds is 7. The van der Waals surface area contributed by atoms with Crippen molar-refractivity contribution in [2.45, 2.75) is 76.2 Å². The lowest BCUT2D eigenvalue weighted by atomic mass is 9.81. The lowest BCUT2D eigenvalue weighted by Crippen LogP contribution is -2.55. The van der Waals surface area contributed by atoms with E-state index in [1.165, 1.54) is 23.1 Å². The monoisotopic (exact) mass is 464 g/mol. The van der Waals surface area contributed by atoms with E-state index in [0.717, 1.165) is 23.3 Å². The molecule has 0 radical (unpaired) electrons. The van der Waals surface area contributed by atoms with E-state index in [2.05, 4.69) is 53.9 Å². The van der Waals surface area contributed by atoms with Crippen molar-refractivity contribution in [3.8, 4) is 0 Å². The van der Waals surface area contributed by atoms with E-state index in [4.69, 9.17) is 4.74 Å². The number of carbonyl (C=O) groups is 2. The molecule has 3 heterocycles. The Bertz CT molecular complexity index is 1010. The number of aromatic nitrogens is 4. The van der Waals surface area contributed by atoms with Gasteiger partial charge >= 0.3 is 5.97 Å². The van der Waals surface area contributed by atoms with Gasteiger partial charge in [-0.05, 0) is 69.9 Å². The van der Waals surface area contributed by atoms with Crippen LogP contribution in [0.4, 0.5) is 5.00 Å². The van der Waals surface area contributed by atoms with Crippen LogP contribution in [-0.2, 0) is 21.5 Å². The van der Waals surface area contributed by atoms with Crippen molar-refractivity contribution in [1.29, 1.82) is 0 Å². The minimum absolute atomic E-state index is 0.158. The molecule has 2 aromatic rings. The third-order valence-electron chi connectivity index (χ3n) is 5.26. The quantitative estimate of drug-likeness (QED) is 0.475. The first kappa shape index (κ1) is 22.2. The van der Waals surface area contributed by atoms with Crippen LogP contribution in [0.2, 0.25) is 0 Å². The highest BCUT2D eigenvalue weighted by molar-refractivity contribution is 7.99. The second-order valence-corrected chi connectivity index (χ2v) is 11.1. The molecule has 1 fully saturated rings. The third-order valence-corrected chi connectivity index (χ3v) is 7.67. The van der Waals surface area contributed by atoms with Crippen LogP contribution < -0.4 is 10.6 Å². The first-order chi connectivity index (χ1) is 14.6. The van der Waals surface area contributed by atoms with Gasteiger partial charge in [0.2, 0.25) is 11.1 Å². The minimum atomic E-state index is -0.394. The number of hydrogen-bond acceptors (Lipinski definition) is 9. The fourth-order valence-electron chi connectivity index (χ4n) is 4.16. The van der Waals surface area contributed by atoms with Gasteiger partial charge in [0, 0.05) is 16.0 Å². The highest BCUT2D eigenvalue weighted by atomic mass is 32.2. The van der Waals surface area contributed by atoms with Crippen LogP contribution in [0.15, 0.2) is 5.16 Å². The molecule has 31 heavy (non-hydrogen) atoms. The zero-order valence-electron chi connectivity index (χ0n) is 18.4. The number of hydrogen-bond donors (Lipinski definition) is 2. The molecule has 2 N–H and O–H groups in total. The molecule has 2 aliphatic rings. The topological polar surface area (TPSA) is 111 Å². The third kappa shape index (κ3) is 4.63. The number of tetrazole rings is 1. The predicted molar refractivity (Wildman–Crippen MR) is 120 cm³/mol. The Morgan fingerprint density at radius 1 is 1.32 bits per heavy atom. The zero-order valence-corrected chi connectivity index (χ0v) is 20.1. The minimum Gasteiger partial charge on any atom is -0.462 e. The second kappa shape index (κ2) is 8.18. The van der Waals surface area contributed by atoms with E-state index in [1.54, 1.807) is 11.6 Å². The smallest absolute Gasteiger partial charge is 0.341 e. The number of nitrogens with zero attached hydrogens (tertiary/aromatic N) is 4. The van der Waals surface area contributed by atoms with Gasteiger partial charge in [0.05, 0.1) is 24.0 Å². The molecule has 9 nitrogen and oxygen atoms in total. The van der Waals surface area contributed by atoms with Gasteiger partial charge in [0.25, 0.3) is 0 Å². The summed E-state index contributed by atoms with van der Waals surface area (Å²) in [6.07, 6.45) is 2.81. The average Bonchev–Trinajstić information content (AvgIpc) is 3.28. The van der Waals surface area contributed by atoms with E-state index >= 15 is 0 Å². The molecule has 0 saturated heterocycles. The number of nitrogens with one attached hydrogen (secondary N) is 2. The Kier molecular flexibility index (Phi) is 5.86. The van der Waals surface area contributed by atoms with Crippen LogP contribution in [0.1, 0.15) is 74.3 Å². The average molecular weight is 465 g/mol. The SMILES string of the molecule is CCOC(=O)c1c(NC(=O)CSc2nnnn2C2CC2)sc2c1CC(C)(C)NC2(C)C. The molecule has 168 valence electrons. The first-order valence-electron chi connectivity index (χ1n) is 10.4. The Labute approximate surface area is 189 Å². The molecule has 1 amide bonds. The zero-order chi connectivity index (χ0) is 22.4. The summed E-state index contributed by atoms with van der Waals surface area (Å²) in [5, 5.41) is 19.5. The molecule has 2 aromatic heterocycles. The van der Waals surface area contributed by atoms with Crippen molar-refractivity contribution < 1.29 is 14.3 Å². The van der Waals surface area contributed by atoms with Gasteiger partial charge in [0.15, 0.2) is 0 Å². The highest BCUT2D eigenvalue weighted by Gasteiger charge is 2.42. The summed E-state index contributed by atoms with van der Waals surface area (Å²) in [7, 11) is 0. The summed E-state index contributed by atoms with van der Waals surface area (Å²) in [6, 6.07) is 0.345. The molecular weight excluding hydrogens is 436 g/mol. The van der Waals surface area contributed by atoms with Gasteiger partial charge in [-0.25, -0.2) is 9.48 Å². The van der Waals surface area contributed by atoms with Crippen LogP contribution >= 0.6 is 23.1 Å². The molecule has 1 saturated carbocycles. The molecule has 0 aromatic carbocycles. The predicted octanol–water partition coefficient (Wildman–Crippen LogP) is 3.14. The van der Waals surface area contributed by atoms with E-state index in [0.29, 0.717) is 28.2 Å². The second-order valence-electron chi connectivity index (χ2n) is 9.12. The number of thioether (sulfide) groups is 1. The maximum Gasteiger partial charge on any atom is 0.341 e. The number of fused-ring (bicyclic) bond motifs is 1. The Balaban J connectivity index is 1.57. The van der Waals surface area contributed by atoms with Crippen LogP contribution in [0.5, 0.6) is 0 Å². The van der Waals surface area contributed by atoms with Crippen molar-refractivity contribution in [3.05, 3.63) is 16.0 Å². The first-order valence-corrected chi connectivity index (χ1v) is 12.2. The van der Waals surface area contributed by atoms with Crippen LogP contribution in [0.25, 0.3) is 0 Å². The van der Waals surface area contributed by atoms with Gasteiger partial charge < -0.3 is 15.4 Å². The van der Waals surface area contributed by atoms with Crippen molar-refractivity contribution in [2.75, 3.05) is 17.7 Å². The highest BCUT2D eigenvalue weighted by Crippen LogP contribution is 2.45. The fourth-order valence-corrected chi connectivity index (χ4v) is 6.18. The van der Waals surface area contributed by atoms with Crippen molar-refractivity contribution in [3.63, 3.8) is 0 Å². The standard InChI is InChI=1S/C20H28N6O3S2/c1-6-29-17(28)14-12-9-19(2,3)23-20(4,5)15(12)31-16(14)21-13(27)10-30-18-22-24-25-26(18)11-7-8-11/h11,23H,6-10H2,1-5H3,(H,21,27). The van der Waals surface area contributed by atoms with E-state index in [9.17, 15) is 9.59 Å². The number of anilines is 1. The summed E-state index contributed by atoms with van der Waals surface area (Å²) in [5.74, 6) is -0.441. The van der Waals surface area contributed by atoms with E-state index < -0.39 is 5.97 Å². The summed E-state index contributed by atoms with van der Waals surface area (Å²) in [4.78, 5) is 26.7. The maximum absolute atomic E-state index is 12.9. The van der Waals surface area contributed by atoms with Crippen LogP contribution in [0.3, 0.4) is 0 Å². The summed E-state index contributed by atoms with van der Waals surface area (Å²) in [6.45, 7) is 10.5. The Hall–Kier alpha value is -1.98. The normalized spacial score (nSPS) is 19.0. The van der Waals surface area contributed by atoms with Gasteiger partial charge in [0.1, 0.15) is 5.00 Å². The Morgan fingerprint density at radius 2 is 2.06 bits per heavy atom. The van der Waals surface area contributed by atoms with E-state index in [1.807, 2.05) is 0 Å².